The summed E-state index contributed by atoms with van der Waals surface area (Å²) in [6, 6.07) is 9.68. The summed E-state index contributed by atoms with van der Waals surface area (Å²) in [5, 5.41) is 2.90. The predicted octanol–water partition coefficient (Wildman–Crippen LogP) is 2.72. The monoisotopic (exact) mass is 383 g/mol. The molecule has 1 aromatic carbocycles. The Hall–Kier alpha value is -2.60. The third-order valence-electron chi connectivity index (χ3n) is 5.15. The fourth-order valence-corrected chi connectivity index (χ4v) is 3.64. The number of furan rings is 1. The van der Waals surface area contributed by atoms with Crippen molar-refractivity contribution in [3.05, 3.63) is 59.5 Å². The summed E-state index contributed by atoms with van der Waals surface area (Å²) in [6.45, 7) is 8.53. The van der Waals surface area contributed by atoms with Gasteiger partial charge in [0.25, 0.3) is 0 Å². The number of carbonyl (C=O) groups excluding carboxylic acids is 2. The Morgan fingerprint density at radius 2 is 2.14 bits per heavy atom. The van der Waals surface area contributed by atoms with E-state index in [0.717, 1.165) is 11.1 Å². The van der Waals surface area contributed by atoms with E-state index in [1.54, 1.807) is 12.5 Å². The highest BCUT2D eigenvalue weighted by molar-refractivity contribution is 5.89. The first kappa shape index (κ1) is 20.1. The van der Waals surface area contributed by atoms with Crippen LogP contribution in [0, 0.1) is 6.92 Å². The van der Waals surface area contributed by atoms with Crippen molar-refractivity contribution in [3.8, 4) is 0 Å². The van der Waals surface area contributed by atoms with Crippen molar-refractivity contribution in [2.75, 3.05) is 13.1 Å². The van der Waals surface area contributed by atoms with Crippen molar-refractivity contribution in [1.82, 2.24) is 15.1 Å². The van der Waals surface area contributed by atoms with Crippen LogP contribution >= 0.6 is 0 Å². The van der Waals surface area contributed by atoms with Crippen LogP contribution in [-0.2, 0) is 22.7 Å². The van der Waals surface area contributed by atoms with Crippen molar-refractivity contribution in [2.24, 2.45) is 0 Å². The van der Waals surface area contributed by atoms with Crippen molar-refractivity contribution >= 4 is 11.8 Å². The van der Waals surface area contributed by atoms with Gasteiger partial charge in [-0.15, -0.1) is 0 Å². The minimum Gasteiger partial charge on any atom is -0.472 e. The molecular weight excluding hydrogens is 354 g/mol. The van der Waals surface area contributed by atoms with Crippen LogP contribution in [-0.4, -0.2) is 46.8 Å². The van der Waals surface area contributed by atoms with Gasteiger partial charge in [-0.3, -0.25) is 14.5 Å². The Bertz CT molecular complexity index is 801. The number of nitrogens with one attached hydrogen (secondary N) is 1. The zero-order chi connectivity index (χ0) is 20.1. The Morgan fingerprint density at radius 3 is 2.82 bits per heavy atom. The molecule has 2 heterocycles. The average Bonchev–Trinajstić information content (AvgIpc) is 3.15. The summed E-state index contributed by atoms with van der Waals surface area (Å²) in [4.78, 5) is 29.6. The average molecular weight is 383 g/mol. The lowest BCUT2D eigenvalue weighted by atomic mass is 10.1. The number of piperazine rings is 1. The molecule has 150 valence electrons. The first-order valence-corrected chi connectivity index (χ1v) is 9.82. The largest absolute Gasteiger partial charge is 0.472 e. The molecule has 0 unspecified atom stereocenters. The van der Waals surface area contributed by atoms with Gasteiger partial charge in [0.2, 0.25) is 11.8 Å². The molecule has 0 saturated carbocycles. The second-order valence-electron chi connectivity index (χ2n) is 7.72. The second-order valence-corrected chi connectivity index (χ2v) is 7.72. The van der Waals surface area contributed by atoms with E-state index in [9.17, 15) is 9.59 Å². The lowest BCUT2D eigenvalue weighted by molar-refractivity contribution is -0.140. The number of hydrogen-bond donors (Lipinski definition) is 1. The molecule has 6 nitrogen and oxygen atoms in total. The van der Waals surface area contributed by atoms with E-state index in [1.165, 1.54) is 5.56 Å². The molecule has 0 radical (unpaired) electrons. The van der Waals surface area contributed by atoms with E-state index >= 15 is 0 Å². The van der Waals surface area contributed by atoms with Gasteiger partial charge in [0.15, 0.2) is 0 Å². The van der Waals surface area contributed by atoms with Crippen LogP contribution in [0.3, 0.4) is 0 Å². The Labute approximate surface area is 166 Å². The normalized spacial score (nSPS) is 17.6. The van der Waals surface area contributed by atoms with Crippen LogP contribution < -0.4 is 5.32 Å². The van der Waals surface area contributed by atoms with Gasteiger partial charge in [-0.2, -0.15) is 0 Å². The van der Waals surface area contributed by atoms with Crippen LogP contribution in [0.4, 0.5) is 0 Å². The maximum atomic E-state index is 13.1. The Balaban J connectivity index is 1.71. The van der Waals surface area contributed by atoms with Crippen LogP contribution in [0.15, 0.2) is 47.3 Å². The van der Waals surface area contributed by atoms with Gasteiger partial charge in [-0.1, -0.05) is 29.8 Å². The van der Waals surface area contributed by atoms with Crippen molar-refractivity contribution in [2.45, 2.75) is 52.4 Å². The van der Waals surface area contributed by atoms with Crippen molar-refractivity contribution in [1.29, 1.82) is 0 Å². The molecular formula is C22H29N3O3. The molecule has 28 heavy (non-hydrogen) atoms. The smallest absolute Gasteiger partial charge is 0.237 e. The highest BCUT2D eigenvalue weighted by Gasteiger charge is 2.33. The maximum absolute atomic E-state index is 13.1. The molecule has 2 amide bonds. The molecule has 0 bridgehead atoms. The SMILES string of the molecule is Cc1cccc(CN(C(=O)C[C@H]2C(=O)NCCN2Cc2ccoc2)C(C)C)c1. The fourth-order valence-electron chi connectivity index (χ4n) is 3.64. The van der Waals surface area contributed by atoms with Crippen LogP contribution in [0.25, 0.3) is 0 Å². The van der Waals surface area contributed by atoms with Gasteiger partial charge in [0.05, 0.1) is 25.0 Å². The van der Waals surface area contributed by atoms with Crippen LogP contribution in [0.1, 0.15) is 37.0 Å². The summed E-state index contributed by atoms with van der Waals surface area (Å²) in [7, 11) is 0. The van der Waals surface area contributed by atoms with E-state index in [0.29, 0.717) is 26.2 Å². The molecule has 1 aliphatic heterocycles. The zero-order valence-electron chi connectivity index (χ0n) is 16.9. The van der Waals surface area contributed by atoms with Gasteiger partial charge < -0.3 is 14.6 Å². The topological polar surface area (TPSA) is 65.8 Å². The molecule has 0 aliphatic carbocycles. The van der Waals surface area contributed by atoms with Gasteiger partial charge in [0.1, 0.15) is 0 Å². The molecule has 1 aromatic heterocycles. The van der Waals surface area contributed by atoms with Gasteiger partial charge in [-0.25, -0.2) is 0 Å². The van der Waals surface area contributed by atoms with Crippen molar-refractivity contribution in [3.63, 3.8) is 0 Å². The molecule has 1 aliphatic rings. The van der Waals surface area contributed by atoms with E-state index in [-0.39, 0.29) is 24.3 Å². The molecule has 3 rings (SSSR count). The Morgan fingerprint density at radius 1 is 1.32 bits per heavy atom. The first-order valence-electron chi connectivity index (χ1n) is 9.82. The number of benzene rings is 1. The van der Waals surface area contributed by atoms with E-state index in [4.69, 9.17) is 4.42 Å². The number of rotatable bonds is 7. The number of aryl methyl sites for hydroxylation is 1. The summed E-state index contributed by atoms with van der Waals surface area (Å²) in [5.74, 6) is -0.0851. The third-order valence-corrected chi connectivity index (χ3v) is 5.15. The van der Waals surface area contributed by atoms with Gasteiger partial charge >= 0.3 is 0 Å². The van der Waals surface area contributed by atoms with Gasteiger partial charge in [0, 0.05) is 37.8 Å². The fraction of sp³-hybridized carbons (Fsp3) is 0.455. The second kappa shape index (κ2) is 9.06. The molecule has 6 heteroatoms. The molecule has 1 saturated heterocycles. The molecule has 1 N–H and O–H groups in total. The first-order chi connectivity index (χ1) is 13.4. The van der Waals surface area contributed by atoms with E-state index in [1.807, 2.05) is 49.9 Å². The number of nitrogens with zero attached hydrogens (tertiary/aromatic N) is 2. The quantitative estimate of drug-likeness (QED) is 0.798. The molecule has 1 fully saturated rings. The summed E-state index contributed by atoms with van der Waals surface area (Å²) in [6.07, 6.45) is 3.49. The maximum Gasteiger partial charge on any atom is 0.237 e. The highest BCUT2D eigenvalue weighted by atomic mass is 16.3. The number of carbonyl (C=O) groups is 2. The van der Waals surface area contributed by atoms with Gasteiger partial charge in [-0.05, 0) is 32.4 Å². The van der Waals surface area contributed by atoms with Crippen LogP contribution in [0.5, 0.6) is 0 Å². The number of hydrogen-bond acceptors (Lipinski definition) is 4. The summed E-state index contributed by atoms with van der Waals surface area (Å²) >= 11 is 0. The molecule has 1 atom stereocenters. The molecule has 2 aromatic rings. The van der Waals surface area contributed by atoms with E-state index in [2.05, 4.69) is 16.3 Å². The summed E-state index contributed by atoms with van der Waals surface area (Å²) in [5.41, 5.74) is 3.28. The lowest BCUT2D eigenvalue weighted by Gasteiger charge is -2.36. The minimum atomic E-state index is -0.463. The summed E-state index contributed by atoms with van der Waals surface area (Å²) < 4.78 is 5.14. The lowest BCUT2D eigenvalue weighted by Crippen LogP contribution is -2.56. The third kappa shape index (κ3) is 5.01. The molecule has 0 spiro atoms. The standard InChI is InChI=1S/C22H29N3O3/c1-16(2)25(14-18-6-4-5-17(3)11-18)21(26)12-20-22(27)23-8-9-24(20)13-19-7-10-28-15-19/h4-7,10-11,15-16,20H,8-9,12-14H2,1-3H3,(H,23,27)/t20-/m0/s1. The van der Waals surface area contributed by atoms with Crippen LogP contribution in [0.2, 0.25) is 0 Å². The predicted molar refractivity (Wildman–Crippen MR) is 107 cm³/mol. The minimum absolute atomic E-state index is 0.00394. The zero-order valence-corrected chi connectivity index (χ0v) is 16.9. The number of amides is 2. The Kier molecular flexibility index (Phi) is 6.52. The van der Waals surface area contributed by atoms with Crippen molar-refractivity contribution < 1.29 is 14.0 Å². The highest BCUT2D eigenvalue weighted by Crippen LogP contribution is 2.18. The van der Waals surface area contributed by atoms with E-state index < -0.39 is 6.04 Å².